The number of aliphatic hydroxyl groups excluding tert-OH is 1. The molecule has 1 aliphatic rings. The Labute approximate surface area is 196 Å². The molecule has 12 nitrogen and oxygen atoms in total. The average Bonchev–Trinajstić information content (AvgIpc) is 3.26. The zero-order chi connectivity index (χ0) is 25.4. The Hall–Kier alpha value is -3.51. The number of aliphatic carboxylic acids is 1. The fraction of sp³-hybridized carbons (Fsp3) is 0.500. The first-order valence-corrected chi connectivity index (χ1v) is 10.9. The van der Waals surface area contributed by atoms with Gasteiger partial charge in [0.05, 0.1) is 18.6 Å². The van der Waals surface area contributed by atoms with Gasteiger partial charge in [-0.3, -0.25) is 19.2 Å². The predicted octanol–water partition coefficient (Wildman–Crippen LogP) is -2.14. The Morgan fingerprint density at radius 3 is 2.35 bits per heavy atom. The van der Waals surface area contributed by atoms with Gasteiger partial charge in [0, 0.05) is 13.0 Å². The van der Waals surface area contributed by atoms with Crippen molar-refractivity contribution in [2.45, 2.75) is 62.9 Å². The third-order valence-electron chi connectivity index (χ3n) is 5.54. The number of carboxylic acid groups (broad SMARTS) is 1. The Morgan fingerprint density at radius 1 is 1.15 bits per heavy atom. The summed E-state index contributed by atoms with van der Waals surface area (Å²) in [5.41, 5.74) is 11.4. The van der Waals surface area contributed by atoms with Crippen molar-refractivity contribution in [3.63, 3.8) is 0 Å². The quantitative estimate of drug-likeness (QED) is 0.207. The van der Waals surface area contributed by atoms with E-state index in [9.17, 15) is 34.2 Å². The van der Waals surface area contributed by atoms with Crippen LogP contribution < -0.4 is 22.1 Å². The molecule has 1 fully saturated rings. The summed E-state index contributed by atoms with van der Waals surface area (Å²) in [4.78, 5) is 62.2. The van der Waals surface area contributed by atoms with E-state index in [4.69, 9.17) is 11.5 Å². The molecule has 0 bridgehead atoms. The lowest BCUT2D eigenvalue weighted by Gasteiger charge is -2.31. The molecule has 0 radical (unpaired) electrons. The number of nitrogens with two attached hydrogens (primary N) is 2. The van der Waals surface area contributed by atoms with Crippen molar-refractivity contribution >= 4 is 29.6 Å². The summed E-state index contributed by atoms with van der Waals surface area (Å²) >= 11 is 0. The Bertz CT molecular complexity index is 908. The van der Waals surface area contributed by atoms with Crippen LogP contribution >= 0.6 is 0 Å². The number of carbonyl (C=O) groups excluding carboxylic acids is 4. The third-order valence-corrected chi connectivity index (χ3v) is 5.54. The first-order chi connectivity index (χ1) is 16.0. The van der Waals surface area contributed by atoms with Crippen LogP contribution in [0.1, 0.15) is 31.7 Å². The van der Waals surface area contributed by atoms with Crippen LogP contribution in [0.5, 0.6) is 0 Å². The second-order valence-electron chi connectivity index (χ2n) is 8.28. The molecule has 5 atom stereocenters. The molecule has 1 aliphatic heterocycles. The highest BCUT2D eigenvalue weighted by Crippen LogP contribution is 2.20. The number of rotatable bonds is 11. The molecule has 12 heteroatoms. The van der Waals surface area contributed by atoms with E-state index in [-0.39, 0.29) is 19.4 Å². The number of carboxylic acids is 1. The van der Waals surface area contributed by atoms with E-state index in [1.807, 2.05) is 0 Å². The fourth-order valence-corrected chi connectivity index (χ4v) is 3.76. The van der Waals surface area contributed by atoms with Gasteiger partial charge in [0.1, 0.15) is 18.1 Å². The van der Waals surface area contributed by atoms with Crippen LogP contribution in [-0.4, -0.2) is 81.5 Å². The average molecular weight is 478 g/mol. The minimum Gasteiger partial charge on any atom is -0.480 e. The number of benzene rings is 1. The largest absolute Gasteiger partial charge is 0.480 e. The van der Waals surface area contributed by atoms with Crippen LogP contribution in [0.2, 0.25) is 0 Å². The number of carbonyl (C=O) groups is 5. The molecule has 1 saturated heterocycles. The second kappa shape index (κ2) is 12.1. The fourth-order valence-electron chi connectivity index (χ4n) is 3.76. The summed E-state index contributed by atoms with van der Waals surface area (Å²) in [7, 11) is 0. The highest BCUT2D eigenvalue weighted by molar-refractivity contribution is 5.95. The first kappa shape index (κ1) is 26.7. The topological polar surface area (TPSA) is 205 Å². The molecule has 34 heavy (non-hydrogen) atoms. The molecule has 8 N–H and O–H groups in total. The predicted molar refractivity (Wildman–Crippen MR) is 120 cm³/mol. The summed E-state index contributed by atoms with van der Waals surface area (Å²) in [6, 6.07) is 3.89. The van der Waals surface area contributed by atoms with Crippen LogP contribution in [-0.2, 0) is 30.4 Å². The van der Waals surface area contributed by atoms with Gasteiger partial charge >= 0.3 is 5.97 Å². The zero-order valence-electron chi connectivity index (χ0n) is 18.8. The van der Waals surface area contributed by atoms with Crippen molar-refractivity contribution in [2.24, 2.45) is 11.5 Å². The van der Waals surface area contributed by atoms with E-state index in [0.29, 0.717) is 6.42 Å². The van der Waals surface area contributed by atoms with E-state index >= 15 is 0 Å². The SMILES string of the molecule is CC(O)C(NC(=O)C(N)CC(N)=O)C(=O)N1CCCC1C(=O)NC(Cc1ccccc1)C(=O)O. The van der Waals surface area contributed by atoms with E-state index in [2.05, 4.69) is 10.6 Å². The maximum absolute atomic E-state index is 13.1. The molecule has 1 aromatic carbocycles. The van der Waals surface area contributed by atoms with Gasteiger partial charge in [-0.15, -0.1) is 0 Å². The van der Waals surface area contributed by atoms with Crippen molar-refractivity contribution in [1.82, 2.24) is 15.5 Å². The van der Waals surface area contributed by atoms with Gasteiger partial charge in [0.15, 0.2) is 0 Å². The van der Waals surface area contributed by atoms with Gasteiger partial charge < -0.3 is 37.2 Å². The van der Waals surface area contributed by atoms with Gasteiger partial charge in [-0.05, 0) is 25.3 Å². The van der Waals surface area contributed by atoms with Crippen molar-refractivity contribution in [2.75, 3.05) is 6.54 Å². The number of hydrogen-bond acceptors (Lipinski definition) is 7. The highest BCUT2D eigenvalue weighted by Gasteiger charge is 2.40. The molecule has 1 aromatic rings. The monoisotopic (exact) mass is 477 g/mol. The number of primary amides is 1. The lowest BCUT2D eigenvalue weighted by molar-refractivity contribution is -0.146. The van der Waals surface area contributed by atoms with Crippen LogP contribution in [0.4, 0.5) is 0 Å². The van der Waals surface area contributed by atoms with Crippen molar-refractivity contribution in [3.8, 4) is 0 Å². The van der Waals surface area contributed by atoms with Crippen LogP contribution in [0.25, 0.3) is 0 Å². The molecular formula is C22H31N5O7. The number of likely N-dealkylation sites (tertiary alicyclic amines) is 1. The van der Waals surface area contributed by atoms with Crippen LogP contribution in [0, 0.1) is 0 Å². The van der Waals surface area contributed by atoms with Gasteiger partial charge in [-0.2, -0.15) is 0 Å². The molecule has 5 unspecified atom stereocenters. The smallest absolute Gasteiger partial charge is 0.326 e. The Balaban J connectivity index is 2.10. The second-order valence-corrected chi connectivity index (χ2v) is 8.28. The Kier molecular flexibility index (Phi) is 9.51. The van der Waals surface area contributed by atoms with Crippen LogP contribution in [0.3, 0.4) is 0 Å². The van der Waals surface area contributed by atoms with E-state index < -0.39 is 66.3 Å². The molecule has 0 aliphatic carbocycles. The molecule has 1 heterocycles. The number of amides is 4. The molecule has 0 aromatic heterocycles. The first-order valence-electron chi connectivity index (χ1n) is 10.9. The molecular weight excluding hydrogens is 446 g/mol. The summed E-state index contributed by atoms with van der Waals surface area (Å²) in [5, 5.41) is 24.4. The van der Waals surface area contributed by atoms with E-state index in [0.717, 1.165) is 5.56 Å². The summed E-state index contributed by atoms with van der Waals surface area (Å²) in [5.74, 6) is -4.24. The van der Waals surface area contributed by atoms with Crippen molar-refractivity contribution in [3.05, 3.63) is 35.9 Å². The van der Waals surface area contributed by atoms with Crippen LogP contribution in [0.15, 0.2) is 30.3 Å². The molecule has 4 amide bonds. The summed E-state index contributed by atoms with van der Waals surface area (Å²) in [6.45, 7) is 1.47. The maximum Gasteiger partial charge on any atom is 0.326 e. The molecule has 0 spiro atoms. The van der Waals surface area contributed by atoms with Gasteiger partial charge in [0.2, 0.25) is 23.6 Å². The number of hydrogen-bond donors (Lipinski definition) is 6. The minimum absolute atomic E-state index is 0.0622. The number of nitrogens with one attached hydrogen (secondary N) is 2. The lowest BCUT2D eigenvalue weighted by Crippen LogP contribution is -2.59. The normalized spacial score (nSPS) is 18.9. The highest BCUT2D eigenvalue weighted by atomic mass is 16.4. The van der Waals surface area contributed by atoms with E-state index in [1.165, 1.54) is 11.8 Å². The minimum atomic E-state index is -1.42. The molecule has 0 saturated carbocycles. The number of aliphatic hydroxyl groups is 1. The van der Waals surface area contributed by atoms with Gasteiger partial charge in [0.25, 0.3) is 0 Å². The summed E-state index contributed by atoms with van der Waals surface area (Å²) < 4.78 is 0. The van der Waals surface area contributed by atoms with Gasteiger partial charge in [-0.25, -0.2) is 4.79 Å². The summed E-state index contributed by atoms with van der Waals surface area (Å²) in [6.07, 6.45) is -0.948. The molecule has 186 valence electrons. The molecule has 2 rings (SSSR count). The maximum atomic E-state index is 13.1. The third kappa shape index (κ3) is 7.25. The van der Waals surface area contributed by atoms with E-state index in [1.54, 1.807) is 30.3 Å². The van der Waals surface area contributed by atoms with Crippen molar-refractivity contribution < 1.29 is 34.2 Å². The standard InChI is InChI=1S/C22H31N5O7/c1-12(28)18(26-19(30)14(23)11-17(24)29)21(32)27-9-5-8-16(27)20(31)25-15(22(33)34)10-13-6-3-2-4-7-13/h2-4,6-7,12,14-16,18,28H,5,8-11,23H2,1H3,(H2,24,29)(H,25,31)(H,26,30)(H,33,34). The van der Waals surface area contributed by atoms with Crippen molar-refractivity contribution in [1.29, 1.82) is 0 Å². The Morgan fingerprint density at radius 2 is 1.79 bits per heavy atom. The lowest BCUT2D eigenvalue weighted by atomic mass is 10.0. The zero-order valence-corrected chi connectivity index (χ0v) is 18.8. The number of nitrogens with zero attached hydrogens (tertiary/aromatic N) is 1. The van der Waals surface area contributed by atoms with Gasteiger partial charge in [-0.1, -0.05) is 30.3 Å².